The van der Waals surface area contributed by atoms with Crippen LogP contribution in [0.15, 0.2) is 48.5 Å². The van der Waals surface area contributed by atoms with Gasteiger partial charge in [-0.25, -0.2) is 4.79 Å². The number of benzene rings is 2. The molecular weight excluding hydrogens is 366 g/mol. The lowest BCUT2D eigenvalue weighted by atomic mass is 10.1. The highest BCUT2D eigenvalue weighted by atomic mass is 16.6. The van der Waals surface area contributed by atoms with E-state index in [9.17, 15) is 4.79 Å². The molecule has 29 heavy (non-hydrogen) atoms. The molecule has 0 bridgehead atoms. The molecule has 1 saturated heterocycles. The highest BCUT2D eigenvalue weighted by Gasteiger charge is 2.27. The molecule has 0 saturated carbocycles. The van der Waals surface area contributed by atoms with E-state index in [1.807, 2.05) is 45.0 Å². The van der Waals surface area contributed by atoms with Gasteiger partial charge in [0.25, 0.3) is 0 Å². The number of hydrogen-bond acceptors (Lipinski definition) is 5. The molecule has 1 amide bonds. The van der Waals surface area contributed by atoms with Gasteiger partial charge in [-0.3, -0.25) is 0 Å². The first kappa shape index (κ1) is 19.4. The Hall–Kier alpha value is -2.89. The first-order chi connectivity index (χ1) is 13.9. The minimum Gasteiger partial charge on any atom is -0.482 e. The van der Waals surface area contributed by atoms with E-state index in [0.29, 0.717) is 13.1 Å². The van der Waals surface area contributed by atoms with E-state index in [-0.39, 0.29) is 12.2 Å². The van der Waals surface area contributed by atoms with Crippen LogP contribution in [-0.4, -0.2) is 49.3 Å². The van der Waals surface area contributed by atoms with Crippen molar-refractivity contribution < 1.29 is 14.3 Å². The van der Waals surface area contributed by atoms with Crippen molar-refractivity contribution in [2.24, 2.45) is 0 Å². The molecule has 2 heterocycles. The van der Waals surface area contributed by atoms with E-state index in [1.54, 1.807) is 4.90 Å². The fourth-order valence-electron chi connectivity index (χ4n) is 3.68. The summed E-state index contributed by atoms with van der Waals surface area (Å²) in [5, 5.41) is 3.51. The van der Waals surface area contributed by atoms with Gasteiger partial charge in [0.2, 0.25) is 0 Å². The van der Waals surface area contributed by atoms with Crippen LogP contribution in [-0.2, 0) is 4.74 Å². The number of nitrogens with zero attached hydrogens (tertiary/aromatic N) is 2. The number of amides is 1. The lowest BCUT2D eigenvalue weighted by Gasteiger charge is -2.37. The molecule has 154 valence electrons. The van der Waals surface area contributed by atoms with Crippen LogP contribution in [0, 0.1) is 0 Å². The lowest BCUT2D eigenvalue weighted by molar-refractivity contribution is 0.0240. The molecule has 0 spiro atoms. The third-order valence-corrected chi connectivity index (χ3v) is 5.18. The number of ether oxygens (including phenoxy) is 2. The van der Waals surface area contributed by atoms with Gasteiger partial charge in [-0.1, -0.05) is 30.3 Å². The largest absolute Gasteiger partial charge is 0.482 e. The summed E-state index contributed by atoms with van der Waals surface area (Å²) < 4.78 is 11.7. The lowest BCUT2D eigenvalue weighted by Crippen LogP contribution is -2.50. The molecule has 1 atom stereocenters. The Morgan fingerprint density at radius 1 is 1.07 bits per heavy atom. The summed E-state index contributed by atoms with van der Waals surface area (Å²) in [5.41, 5.74) is 2.87. The maximum absolute atomic E-state index is 12.3. The topological polar surface area (TPSA) is 54.0 Å². The summed E-state index contributed by atoms with van der Waals surface area (Å²) in [7, 11) is 0. The average Bonchev–Trinajstić information content (AvgIpc) is 2.72. The number of fused-ring (bicyclic) bond motifs is 1. The number of piperazine rings is 1. The number of carbonyl (C=O) groups is 1. The Morgan fingerprint density at radius 2 is 1.79 bits per heavy atom. The van der Waals surface area contributed by atoms with Crippen molar-refractivity contribution in [2.45, 2.75) is 32.5 Å². The number of carbonyl (C=O) groups excluding carboxylic acids is 1. The summed E-state index contributed by atoms with van der Waals surface area (Å²) >= 11 is 0. The van der Waals surface area contributed by atoms with E-state index in [0.717, 1.165) is 36.8 Å². The molecule has 2 aromatic rings. The predicted octanol–water partition coefficient (Wildman–Crippen LogP) is 4.29. The maximum atomic E-state index is 12.3. The zero-order valence-corrected chi connectivity index (χ0v) is 17.4. The Balaban J connectivity index is 1.38. The minimum atomic E-state index is -0.462. The third kappa shape index (κ3) is 4.58. The van der Waals surface area contributed by atoms with Crippen LogP contribution in [0.1, 0.15) is 32.4 Å². The molecule has 2 aliphatic rings. The molecule has 6 nitrogen and oxygen atoms in total. The van der Waals surface area contributed by atoms with E-state index in [4.69, 9.17) is 9.47 Å². The highest BCUT2D eigenvalue weighted by Crippen LogP contribution is 2.37. The van der Waals surface area contributed by atoms with Crippen LogP contribution in [0.3, 0.4) is 0 Å². The monoisotopic (exact) mass is 395 g/mol. The standard InChI is InChI=1S/C23H29N3O3/c1-23(2,3)29-22(27)26-13-11-25(12-14-26)18-9-10-20-19(15-18)24-16-21(28-20)17-7-5-4-6-8-17/h4-10,15,21,24H,11-14,16H2,1-3H3. The molecule has 1 unspecified atom stereocenters. The Kier molecular flexibility index (Phi) is 5.26. The molecule has 0 radical (unpaired) electrons. The van der Waals surface area contributed by atoms with E-state index in [1.165, 1.54) is 5.56 Å². The molecule has 1 fully saturated rings. The van der Waals surface area contributed by atoms with Crippen molar-refractivity contribution >= 4 is 17.5 Å². The van der Waals surface area contributed by atoms with Gasteiger partial charge in [-0.15, -0.1) is 0 Å². The Labute approximate surface area is 172 Å². The molecule has 2 aliphatic heterocycles. The highest BCUT2D eigenvalue weighted by molar-refractivity contribution is 5.70. The smallest absolute Gasteiger partial charge is 0.410 e. The van der Waals surface area contributed by atoms with Crippen molar-refractivity contribution in [3.8, 4) is 5.75 Å². The normalized spacial score (nSPS) is 19.1. The van der Waals surface area contributed by atoms with Crippen molar-refractivity contribution in [3.05, 3.63) is 54.1 Å². The first-order valence-corrected chi connectivity index (χ1v) is 10.2. The molecule has 6 heteroatoms. The van der Waals surface area contributed by atoms with Crippen LogP contribution in [0.4, 0.5) is 16.2 Å². The molecule has 0 aliphatic carbocycles. The van der Waals surface area contributed by atoms with Crippen LogP contribution in [0.25, 0.3) is 0 Å². The molecule has 1 N–H and O–H groups in total. The SMILES string of the molecule is CC(C)(C)OC(=O)N1CCN(c2ccc3c(c2)NCC(c2ccccc2)O3)CC1. The summed E-state index contributed by atoms with van der Waals surface area (Å²) in [6.07, 6.45) is -0.212. The fourth-order valence-corrected chi connectivity index (χ4v) is 3.68. The van der Waals surface area contributed by atoms with Crippen LogP contribution >= 0.6 is 0 Å². The Bertz CT molecular complexity index is 855. The van der Waals surface area contributed by atoms with Crippen molar-refractivity contribution in [1.29, 1.82) is 0 Å². The third-order valence-electron chi connectivity index (χ3n) is 5.18. The summed E-state index contributed by atoms with van der Waals surface area (Å²) in [6.45, 7) is 9.31. The van der Waals surface area contributed by atoms with E-state index < -0.39 is 5.60 Å². The van der Waals surface area contributed by atoms with Crippen molar-refractivity contribution in [3.63, 3.8) is 0 Å². The molecule has 4 rings (SSSR count). The van der Waals surface area contributed by atoms with Gasteiger partial charge in [-0.2, -0.15) is 0 Å². The second-order valence-electron chi connectivity index (χ2n) is 8.53. The fraction of sp³-hybridized carbons (Fsp3) is 0.435. The maximum Gasteiger partial charge on any atom is 0.410 e. The minimum absolute atomic E-state index is 0.0203. The second kappa shape index (κ2) is 7.85. The molecule has 2 aromatic carbocycles. The summed E-state index contributed by atoms with van der Waals surface area (Å²) in [5.74, 6) is 0.876. The quantitative estimate of drug-likeness (QED) is 0.822. The molecular formula is C23H29N3O3. The van der Waals surface area contributed by atoms with Crippen LogP contribution < -0.4 is 15.0 Å². The number of rotatable bonds is 2. The summed E-state index contributed by atoms with van der Waals surface area (Å²) in [4.78, 5) is 16.3. The van der Waals surface area contributed by atoms with Gasteiger partial charge in [0.05, 0.1) is 12.2 Å². The molecule has 0 aromatic heterocycles. The van der Waals surface area contributed by atoms with E-state index in [2.05, 4.69) is 34.5 Å². The number of nitrogens with one attached hydrogen (secondary N) is 1. The zero-order valence-electron chi connectivity index (χ0n) is 17.4. The summed E-state index contributed by atoms with van der Waals surface area (Å²) in [6, 6.07) is 16.5. The van der Waals surface area contributed by atoms with E-state index >= 15 is 0 Å². The zero-order chi connectivity index (χ0) is 20.4. The Morgan fingerprint density at radius 3 is 2.48 bits per heavy atom. The van der Waals surface area contributed by atoms with Crippen molar-refractivity contribution in [1.82, 2.24) is 4.90 Å². The van der Waals surface area contributed by atoms with Gasteiger partial charge in [-0.05, 0) is 44.5 Å². The van der Waals surface area contributed by atoms with Crippen LogP contribution in [0.5, 0.6) is 5.75 Å². The number of anilines is 2. The number of hydrogen-bond donors (Lipinski definition) is 1. The van der Waals surface area contributed by atoms with Crippen molar-refractivity contribution in [2.75, 3.05) is 42.9 Å². The second-order valence-corrected chi connectivity index (χ2v) is 8.53. The average molecular weight is 396 g/mol. The van der Waals surface area contributed by atoms with Gasteiger partial charge < -0.3 is 24.6 Å². The van der Waals surface area contributed by atoms with Crippen LogP contribution in [0.2, 0.25) is 0 Å². The van der Waals surface area contributed by atoms with Gasteiger partial charge >= 0.3 is 6.09 Å². The predicted molar refractivity (Wildman–Crippen MR) is 115 cm³/mol. The van der Waals surface area contributed by atoms with Gasteiger partial charge in [0.15, 0.2) is 0 Å². The van der Waals surface area contributed by atoms with Gasteiger partial charge in [0.1, 0.15) is 17.5 Å². The first-order valence-electron chi connectivity index (χ1n) is 10.2. The van der Waals surface area contributed by atoms with Gasteiger partial charge in [0, 0.05) is 31.9 Å².